The van der Waals surface area contributed by atoms with Gasteiger partial charge in [0, 0.05) is 12.8 Å². The largest absolute Gasteiger partial charge is 0.347 e. The molecule has 0 N–H and O–H groups in total. The first-order valence-electron chi connectivity index (χ1n) is 11.9. The number of ether oxygens (including phenoxy) is 2. The highest BCUT2D eigenvalue weighted by Crippen LogP contribution is 2.66. The van der Waals surface area contributed by atoms with Gasteiger partial charge in [-0.05, 0) is 90.0 Å². The van der Waals surface area contributed by atoms with Crippen molar-refractivity contribution >= 4 is 0 Å². The number of rotatable bonds is 1. The van der Waals surface area contributed by atoms with E-state index >= 15 is 0 Å². The fraction of sp³-hybridized carbons (Fsp3) is 0.630. The van der Waals surface area contributed by atoms with Gasteiger partial charge in [-0.3, -0.25) is 0 Å². The summed E-state index contributed by atoms with van der Waals surface area (Å²) in [5.74, 6) is 0.954. The van der Waals surface area contributed by atoms with E-state index in [1.54, 1.807) is 28.9 Å². The number of hydrogen-bond acceptors (Lipinski definition) is 2. The average molecular weight is 409 g/mol. The van der Waals surface area contributed by atoms with Crippen molar-refractivity contribution in [2.24, 2.45) is 17.3 Å². The monoisotopic (exact) mass is 408 g/mol. The molecule has 1 aliphatic heterocycles. The van der Waals surface area contributed by atoms with Gasteiger partial charge in [0.2, 0.25) is 0 Å². The van der Waals surface area contributed by atoms with Gasteiger partial charge in [0.25, 0.3) is 0 Å². The summed E-state index contributed by atoms with van der Waals surface area (Å²) < 4.78 is 25.7. The lowest BCUT2D eigenvalue weighted by Crippen LogP contribution is -2.46. The molecule has 2 fully saturated rings. The van der Waals surface area contributed by atoms with E-state index < -0.39 is 0 Å². The first-order chi connectivity index (χ1) is 14.4. The van der Waals surface area contributed by atoms with Gasteiger partial charge in [0.1, 0.15) is 5.82 Å². The van der Waals surface area contributed by atoms with Crippen molar-refractivity contribution < 1.29 is 13.9 Å². The molecule has 5 aliphatic rings. The second kappa shape index (κ2) is 6.53. The Balaban J connectivity index is 1.34. The van der Waals surface area contributed by atoms with E-state index in [2.05, 4.69) is 19.9 Å². The predicted molar refractivity (Wildman–Crippen MR) is 116 cm³/mol. The number of allylic oxidation sites excluding steroid dienone is 3. The molecular formula is C27H33FO2. The van der Waals surface area contributed by atoms with E-state index in [0.29, 0.717) is 5.92 Å². The Morgan fingerprint density at radius 1 is 0.967 bits per heavy atom. The highest BCUT2D eigenvalue weighted by atomic mass is 19.1. The SMILES string of the molecule is C[C@]12CC=C3C4=C(CC[C@H]3[C@@H]1CC[C@]2(C)c1ccc(F)cc1)CC1(CC4)OCCO1. The van der Waals surface area contributed by atoms with E-state index in [0.717, 1.165) is 44.8 Å². The van der Waals surface area contributed by atoms with Crippen LogP contribution in [-0.2, 0) is 14.9 Å². The summed E-state index contributed by atoms with van der Waals surface area (Å²) in [6.45, 7) is 6.44. The molecule has 3 heteroatoms. The Labute approximate surface area is 179 Å². The molecule has 0 unspecified atom stereocenters. The Morgan fingerprint density at radius 2 is 1.73 bits per heavy atom. The van der Waals surface area contributed by atoms with Crippen molar-refractivity contribution in [2.45, 2.75) is 76.4 Å². The minimum Gasteiger partial charge on any atom is -0.347 e. The molecule has 160 valence electrons. The molecule has 1 aromatic rings. The second-order valence-electron chi connectivity index (χ2n) is 10.8. The Morgan fingerprint density at radius 3 is 2.50 bits per heavy atom. The Kier molecular flexibility index (Phi) is 4.19. The summed E-state index contributed by atoms with van der Waals surface area (Å²) in [5, 5.41) is 0. The molecule has 1 saturated heterocycles. The molecule has 0 bridgehead atoms. The molecule has 2 nitrogen and oxygen atoms in total. The maximum absolute atomic E-state index is 13.6. The van der Waals surface area contributed by atoms with Gasteiger partial charge in [0.05, 0.1) is 13.2 Å². The molecule has 0 radical (unpaired) electrons. The number of fused-ring (bicyclic) bond motifs is 4. The van der Waals surface area contributed by atoms with Crippen molar-refractivity contribution in [1.82, 2.24) is 0 Å². The van der Waals surface area contributed by atoms with Crippen LogP contribution in [0.25, 0.3) is 0 Å². The minimum atomic E-state index is -0.316. The van der Waals surface area contributed by atoms with Crippen LogP contribution in [0.15, 0.2) is 47.1 Å². The molecule has 1 spiro atoms. The third-order valence-corrected chi connectivity index (χ3v) is 9.73. The molecule has 4 atom stereocenters. The van der Waals surface area contributed by atoms with Gasteiger partial charge in [-0.1, -0.05) is 37.6 Å². The lowest BCUT2D eigenvalue weighted by Gasteiger charge is -2.52. The zero-order chi connectivity index (χ0) is 20.6. The van der Waals surface area contributed by atoms with Crippen LogP contribution in [0.1, 0.15) is 70.8 Å². The van der Waals surface area contributed by atoms with Crippen LogP contribution >= 0.6 is 0 Å². The van der Waals surface area contributed by atoms with Crippen LogP contribution < -0.4 is 0 Å². The third-order valence-electron chi connectivity index (χ3n) is 9.73. The summed E-state index contributed by atoms with van der Waals surface area (Å²) in [6.07, 6.45) is 11.8. The van der Waals surface area contributed by atoms with Crippen molar-refractivity contribution in [3.8, 4) is 0 Å². The van der Waals surface area contributed by atoms with Crippen LogP contribution in [0.3, 0.4) is 0 Å². The van der Waals surface area contributed by atoms with Crippen molar-refractivity contribution in [2.75, 3.05) is 13.2 Å². The molecule has 1 heterocycles. The van der Waals surface area contributed by atoms with Crippen LogP contribution in [0.4, 0.5) is 4.39 Å². The quantitative estimate of drug-likeness (QED) is 0.531. The summed E-state index contributed by atoms with van der Waals surface area (Å²) in [6, 6.07) is 7.35. The van der Waals surface area contributed by atoms with Gasteiger partial charge in [-0.2, -0.15) is 0 Å². The second-order valence-corrected chi connectivity index (χ2v) is 10.8. The van der Waals surface area contributed by atoms with Gasteiger partial charge in [-0.15, -0.1) is 0 Å². The number of halogens is 1. The van der Waals surface area contributed by atoms with E-state index in [9.17, 15) is 4.39 Å². The number of benzene rings is 1. The summed E-state index contributed by atoms with van der Waals surface area (Å²) >= 11 is 0. The van der Waals surface area contributed by atoms with E-state index in [-0.39, 0.29) is 22.4 Å². The van der Waals surface area contributed by atoms with E-state index in [1.165, 1.54) is 31.2 Å². The maximum Gasteiger partial charge on any atom is 0.172 e. The smallest absolute Gasteiger partial charge is 0.172 e. The predicted octanol–water partition coefficient (Wildman–Crippen LogP) is 6.46. The first-order valence-corrected chi connectivity index (χ1v) is 11.9. The van der Waals surface area contributed by atoms with Crippen molar-refractivity contribution in [1.29, 1.82) is 0 Å². The maximum atomic E-state index is 13.6. The van der Waals surface area contributed by atoms with Crippen LogP contribution in [0.2, 0.25) is 0 Å². The standard InChI is InChI=1S/C27H33FO2/c1-25(19-4-6-20(28)7-5-19)13-11-24-23-8-3-18-17-27(29-15-16-30-27)14-10-21(18)22(23)9-12-26(24,25)2/h4-7,9,23-24H,3,8,10-17H2,1-2H3/t23-,24+,25-,26+/m1/s1. The van der Waals surface area contributed by atoms with E-state index in [4.69, 9.17) is 9.47 Å². The molecule has 4 aliphatic carbocycles. The highest BCUT2D eigenvalue weighted by molar-refractivity contribution is 5.46. The lowest BCUT2D eigenvalue weighted by atomic mass is 9.52. The zero-order valence-electron chi connectivity index (χ0n) is 18.3. The van der Waals surface area contributed by atoms with E-state index in [1.807, 2.05) is 12.1 Å². The summed E-state index contributed by atoms with van der Waals surface area (Å²) in [5.41, 5.74) is 6.59. The lowest BCUT2D eigenvalue weighted by molar-refractivity contribution is -0.164. The van der Waals surface area contributed by atoms with Gasteiger partial charge < -0.3 is 9.47 Å². The first kappa shape index (κ1) is 19.3. The fourth-order valence-electron chi connectivity index (χ4n) is 7.84. The van der Waals surface area contributed by atoms with Crippen LogP contribution in [-0.4, -0.2) is 19.0 Å². The zero-order valence-corrected chi connectivity index (χ0v) is 18.3. The molecule has 30 heavy (non-hydrogen) atoms. The average Bonchev–Trinajstić information content (AvgIpc) is 3.31. The van der Waals surface area contributed by atoms with Crippen LogP contribution in [0.5, 0.6) is 0 Å². The fourth-order valence-corrected chi connectivity index (χ4v) is 7.84. The third kappa shape index (κ3) is 2.54. The molecule has 1 aromatic carbocycles. The Hall–Kier alpha value is -1.45. The van der Waals surface area contributed by atoms with Crippen LogP contribution in [0, 0.1) is 23.1 Å². The summed E-state index contributed by atoms with van der Waals surface area (Å²) in [4.78, 5) is 0. The Bertz CT molecular complexity index is 923. The molecule has 0 aromatic heterocycles. The van der Waals surface area contributed by atoms with Gasteiger partial charge in [-0.25, -0.2) is 4.39 Å². The van der Waals surface area contributed by atoms with Crippen molar-refractivity contribution in [3.05, 3.63) is 58.4 Å². The molecular weight excluding hydrogens is 375 g/mol. The summed E-state index contributed by atoms with van der Waals surface area (Å²) in [7, 11) is 0. The van der Waals surface area contributed by atoms with Gasteiger partial charge >= 0.3 is 0 Å². The molecule has 0 amide bonds. The topological polar surface area (TPSA) is 18.5 Å². The van der Waals surface area contributed by atoms with Gasteiger partial charge in [0.15, 0.2) is 5.79 Å². The van der Waals surface area contributed by atoms with Crippen molar-refractivity contribution in [3.63, 3.8) is 0 Å². The minimum absolute atomic E-state index is 0.115. The number of hydrogen-bond donors (Lipinski definition) is 0. The normalized spacial score (nSPS) is 39.5. The highest BCUT2D eigenvalue weighted by Gasteiger charge is 2.59. The molecule has 1 saturated carbocycles. The molecule has 6 rings (SSSR count).